The van der Waals surface area contributed by atoms with Crippen LogP contribution in [0, 0.1) is 5.92 Å². The molecule has 0 spiro atoms. The van der Waals surface area contributed by atoms with Crippen molar-refractivity contribution in [1.29, 1.82) is 0 Å². The molecule has 29 heavy (non-hydrogen) atoms. The predicted octanol–water partition coefficient (Wildman–Crippen LogP) is 3.56. The number of nitrogens with zero attached hydrogens (tertiary/aromatic N) is 2. The number of aliphatic hydroxyl groups excluding tert-OH is 1. The zero-order chi connectivity index (χ0) is 20.5. The molecule has 5 nitrogen and oxygen atoms in total. The molecular formula is C23H30N2O3S. The Balaban J connectivity index is 1.53. The van der Waals surface area contributed by atoms with Crippen LogP contribution in [0.3, 0.4) is 0 Å². The average molecular weight is 415 g/mol. The number of aromatic nitrogens is 1. The molecule has 1 aliphatic rings. The molecule has 1 aromatic heterocycles. The third-order valence-corrected chi connectivity index (χ3v) is 7.06. The molecule has 2 aromatic carbocycles. The van der Waals surface area contributed by atoms with Gasteiger partial charge in [-0.1, -0.05) is 36.4 Å². The third kappa shape index (κ3) is 4.32. The lowest BCUT2D eigenvalue weighted by Crippen LogP contribution is -2.42. The largest absolute Gasteiger partial charge is 0.598 e. The highest BCUT2D eigenvalue weighted by Gasteiger charge is 2.34. The molecule has 0 saturated carbocycles. The summed E-state index contributed by atoms with van der Waals surface area (Å²) in [5.74, 6) is 0.342. The van der Waals surface area contributed by atoms with Gasteiger partial charge in [0.25, 0.3) is 0 Å². The van der Waals surface area contributed by atoms with E-state index in [2.05, 4.69) is 42.7 Å². The van der Waals surface area contributed by atoms with Crippen molar-refractivity contribution < 1.29 is 14.4 Å². The maximum absolute atomic E-state index is 12.4. The van der Waals surface area contributed by atoms with E-state index in [4.69, 9.17) is 4.74 Å². The lowest BCUT2D eigenvalue weighted by molar-refractivity contribution is 0.0515. The van der Waals surface area contributed by atoms with Gasteiger partial charge in [-0.05, 0) is 32.4 Å². The minimum absolute atomic E-state index is 0.158. The van der Waals surface area contributed by atoms with Crippen LogP contribution in [-0.2, 0) is 22.6 Å². The molecule has 4 rings (SSSR count). The Morgan fingerprint density at radius 3 is 2.24 bits per heavy atom. The maximum atomic E-state index is 12.4. The zero-order valence-electron chi connectivity index (χ0n) is 17.3. The van der Waals surface area contributed by atoms with E-state index in [0.29, 0.717) is 25.6 Å². The molecular weight excluding hydrogens is 384 g/mol. The Morgan fingerprint density at radius 2 is 1.72 bits per heavy atom. The monoisotopic (exact) mass is 414 g/mol. The molecule has 0 bridgehead atoms. The van der Waals surface area contributed by atoms with Crippen LogP contribution in [0.15, 0.2) is 48.5 Å². The number of aliphatic hydroxyl groups is 1. The maximum Gasteiger partial charge on any atom is 0.115 e. The average Bonchev–Trinajstić information content (AvgIpc) is 3.18. The number of benzene rings is 2. The number of para-hydroxylation sites is 2. The molecule has 0 amide bonds. The summed E-state index contributed by atoms with van der Waals surface area (Å²) in [6, 6.07) is 16.6. The molecule has 3 aromatic rings. The molecule has 2 heterocycles. The van der Waals surface area contributed by atoms with Gasteiger partial charge in [0.2, 0.25) is 0 Å². The second-order valence-electron chi connectivity index (χ2n) is 8.22. The van der Waals surface area contributed by atoms with Gasteiger partial charge in [0.05, 0.1) is 31.4 Å². The van der Waals surface area contributed by atoms with Crippen LogP contribution >= 0.6 is 0 Å². The van der Waals surface area contributed by atoms with Gasteiger partial charge in [0.15, 0.2) is 0 Å². The van der Waals surface area contributed by atoms with Crippen molar-refractivity contribution in [3.63, 3.8) is 0 Å². The van der Waals surface area contributed by atoms with E-state index < -0.39 is 17.5 Å². The molecule has 1 saturated heterocycles. The van der Waals surface area contributed by atoms with Crippen molar-refractivity contribution in [3.05, 3.63) is 48.5 Å². The van der Waals surface area contributed by atoms with Gasteiger partial charge >= 0.3 is 0 Å². The fraction of sp³-hybridized carbons (Fsp3) is 0.478. The van der Waals surface area contributed by atoms with Crippen molar-refractivity contribution >= 4 is 33.2 Å². The van der Waals surface area contributed by atoms with Crippen LogP contribution in [0.5, 0.6) is 0 Å². The summed E-state index contributed by atoms with van der Waals surface area (Å²) in [6.07, 6.45) is 2.44. The van der Waals surface area contributed by atoms with Crippen molar-refractivity contribution in [2.24, 2.45) is 5.92 Å². The second kappa shape index (κ2) is 8.66. The van der Waals surface area contributed by atoms with E-state index in [9.17, 15) is 9.66 Å². The number of hydrogen-bond acceptors (Lipinski definition) is 4. The molecule has 6 heteroatoms. The van der Waals surface area contributed by atoms with Crippen molar-refractivity contribution in [2.75, 3.05) is 19.3 Å². The number of rotatable bonds is 7. The quantitative estimate of drug-likeness (QED) is 0.601. The Hall–Kier alpha value is -1.57. The van der Waals surface area contributed by atoms with Gasteiger partial charge in [0.1, 0.15) is 6.26 Å². The van der Waals surface area contributed by atoms with E-state index in [1.807, 2.05) is 28.6 Å². The number of fused-ring (bicyclic) bond motifs is 3. The first-order valence-electron chi connectivity index (χ1n) is 10.3. The molecule has 1 fully saturated rings. The van der Waals surface area contributed by atoms with Crippen LogP contribution in [0.1, 0.15) is 20.3 Å². The van der Waals surface area contributed by atoms with Crippen LogP contribution in [0.2, 0.25) is 0 Å². The van der Waals surface area contributed by atoms with Crippen molar-refractivity contribution in [3.8, 4) is 0 Å². The van der Waals surface area contributed by atoms with Crippen LogP contribution < -0.4 is 0 Å². The third-order valence-electron chi connectivity index (χ3n) is 6.03. The lowest BCUT2D eigenvalue weighted by atomic mass is 10.0. The number of ether oxygens (including phenoxy) is 1. The second-order valence-corrected chi connectivity index (χ2v) is 9.58. The Labute approximate surface area is 175 Å². The van der Waals surface area contributed by atoms with Crippen molar-refractivity contribution in [2.45, 2.75) is 45.1 Å². The van der Waals surface area contributed by atoms with E-state index in [0.717, 1.165) is 17.5 Å². The molecule has 0 radical (unpaired) electrons. The van der Waals surface area contributed by atoms with Crippen molar-refractivity contribution in [1.82, 2.24) is 8.87 Å². The van der Waals surface area contributed by atoms with Gasteiger partial charge in [-0.25, -0.2) is 0 Å². The highest BCUT2D eigenvalue weighted by Crippen LogP contribution is 2.30. The van der Waals surface area contributed by atoms with Gasteiger partial charge in [-0.15, -0.1) is 4.31 Å². The van der Waals surface area contributed by atoms with Crippen LogP contribution in [0.4, 0.5) is 0 Å². The summed E-state index contributed by atoms with van der Waals surface area (Å²) in [7, 11) is 0. The molecule has 1 N–H and O–H groups in total. The summed E-state index contributed by atoms with van der Waals surface area (Å²) in [6.45, 7) is 5.69. The first kappa shape index (κ1) is 20.7. The van der Waals surface area contributed by atoms with Gasteiger partial charge in [-0.2, -0.15) is 0 Å². The van der Waals surface area contributed by atoms with Gasteiger partial charge in [-0.3, -0.25) is 0 Å². The first-order valence-corrected chi connectivity index (χ1v) is 11.8. The highest BCUT2D eigenvalue weighted by atomic mass is 32.2. The van der Waals surface area contributed by atoms with Crippen LogP contribution in [-0.4, -0.2) is 56.2 Å². The minimum Gasteiger partial charge on any atom is -0.598 e. The Bertz CT molecular complexity index is 920. The van der Waals surface area contributed by atoms with E-state index in [1.54, 1.807) is 6.26 Å². The summed E-state index contributed by atoms with van der Waals surface area (Å²) in [5.41, 5.74) is 2.23. The van der Waals surface area contributed by atoms with Gasteiger partial charge in [0, 0.05) is 45.6 Å². The molecule has 5 atom stereocenters. The Morgan fingerprint density at radius 1 is 1.14 bits per heavy atom. The normalized spacial score (nSPS) is 24.6. The van der Waals surface area contributed by atoms with E-state index >= 15 is 0 Å². The van der Waals surface area contributed by atoms with E-state index in [1.165, 1.54) is 10.8 Å². The summed E-state index contributed by atoms with van der Waals surface area (Å²) < 4.78 is 22.3. The fourth-order valence-electron chi connectivity index (χ4n) is 4.62. The zero-order valence-corrected chi connectivity index (χ0v) is 18.1. The molecule has 0 aliphatic carbocycles. The predicted molar refractivity (Wildman–Crippen MR) is 119 cm³/mol. The first-order chi connectivity index (χ1) is 13.9. The molecule has 5 unspecified atom stereocenters. The smallest absolute Gasteiger partial charge is 0.115 e. The topological polar surface area (TPSA) is 60.7 Å². The van der Waals surface area contributed by atoms with Crippen LogP contribution in [0.25, 0.3) is 21.8 Å². The SMILES string of the molecule is CC1CC(CN(CC(O)Cn2c3ccccc3c3ccccc32)[S+](C)[O-])C(C)O1. The molecule has 156 valence electrons. The summed E-state index contributed by atoms with van der Waals surface area (Å²) >= 11 is -1.14. The van der Waals surface area contributed by atoms with Gasteiger partial charge < -0.3 is 19.0 Å². The lowest BCUT2D eigenvalue weighted by Gasteiger charge is -2.27. The Kier molecular flexibility index (Phi) is 6.18. The molecule has 1 aliphatic heterocycles. The minimum atomic E-state index is -1.14. The highest BCUT2D eigenvalue weighted by molar-refractivity contribution is 7.88. The fourth-order valence-corrected chi connectivity index (χ4v) is 5.41. The van der Waals surface area contributed by atoms with E-state index in [-0.39, 0.29) is 12.2 Å². The standard InChI is InChI=1S/C23H30N2O3S/c1-16-12-18(17(2)28-16)13-24(29(3)27)14-19(26)15-25-22-10-6-4-8-20(22)21-9-5-7-11-23(21)25/h4-11,16-19,26H,12-15H2,1-3H3. The summed E-state index contributed by atoms with van der Waals surface area (Å²) in [4.78, 5) is 0. The summed E-state index contributed by atoms with van der Waals surface area (Å²) in [5, 5.41) is 13.3. The number of hydrogen-bond donors (Lipinski definition) is 1.